The third-order valence-electron chi connectivity index (χ3n) is 2.11. The number of nitrogens with zero attached hydrogens (tertiary/aromatic N) is 2. The van der Waals surface area contributed by atoms with E-state index in [0.717, 1.165) is 25.9 Å². The number of ether oxygens (including phenoxy) is 2. The van der Waals surface area contributed by atoms with Gasteiger partial charge in [0.25, 0.3) is 0 Å². The lowest BCUT2D eigenvalue weighted by molar-refractivity contribution is -0.170. The van der Waals surface area contributed by atoms with E-state index in [2.05, 4.69) is 10.1 Å². The van der Waals surface area contributed by atoms with Crippen molar-refractivity contribution in [1.29, 1.82) is 0 Å². The average Bonchev–Trinajstić information content (AvgIpc) is 2.77. The van der Waals surface area contributed by atoms with Crippen LogP contribution in [0, 0.1) is 6.92 Å². The maximum absolute atomic E-state index is 5.48. The van der Waals surface area contributed by atoms with Gasteiger partial charge in [0.2, 0.25) is 5.89 Å². The van der Waals surface area contributed by atoms with Crippen LogP contribution < -0.4 is 0 Å². The Hall–Kier alpha value is -0.940. The lowest BCUT2D eigenvalue weighted by atomic mass is 10.2. The van der Waals surface area contributed by atoms with Crippen LogP contribution >= 0.6 is 0 Å². The second kappa shape index (κ2) is 7.35. The van der Waals surface area contributed by atoms with Gasteiger partial charge in [0.15, 0.2) is 12.1 Å². The molecule has 2 rings (SSSR count). The first-order chi connectivity index (χ1) is 7.84. The molecule has 0 amide bonds. The monoisotopic (exact) mass is 228 g/mol. The van der Waals surface area contributed by atoms with Gasteiger partial charge in [-0.1, -0.05) is 19.0 Å². The Kier molecular flexibility index (Phi) is 6.03. The van der Waals surface area contributed by atoms with Gasteiger partial charge in [-0.05, 0) is 19.3 Å². The summed E-state index contributed by atoms with van der Waals surface area (Å²) in [6, 6.07) is 0. The summed E-state index contributed by atoms with van der Waals surface area (Å²) in [5.74, 6) is 1.14. The molecule has 2 heterocycles. The van der Waals surface area contributed by atoms with E-state index >= 15 is 0 Å². The molecule has 0 spiro atoms. The maximum atomic E-state index is 5.48. The van der Waals surface area contributed by atoms with Gasteiger partial charge < -0.3 is 14.0 Å². The van der Waals surface area contributed by atoms with E-state index < -0.39 is 0 Å². The Labute approximate surface area is 96.1 Å². The molecule has 0 saturated carbocycles. The van der Waals surface area contributed by atoms with E-state index in [1.807, 2.05) is 13.8 Å². The number of rotatable bonds is 3. The summed E-state index contributed by atoms with van der Waals surface area (Å²) in [7, 11) is 0. The van der Waals surface area contributed by atoms with Crippen LogP contribution in [0.1, 0.15) is 44.8 Å². The summed E-state index contributed by atoms with van der Waals surface area (Å²) in [6.07, 6.45) is 3.15. The molecule has 0 aliphatic carbocycles. The first kappa shape index (κ1) is 13.1. The van der Waals surface area contributed by atoms with Crippen molar-refractivity contribution in [2.45, 2.75) is 52.9 Å². The minimum absolute atomic E-state index is 0.0949. The van der Waals surface area contributed by atoms with Gasteiger partial charge in [0.05, 0.1) is 0 Å². The van der Waals surface area contributed by atoms with Crippen molar-refractivity contribution in [3.8, 4) is 0 Å². The fourth-order valence-corrected chi connectivity index (χ4v) is 1.41. The third-order valence-corrected chi connectivity index (χ3v) is 2.11. The Balaban J connectivity index is 0.000000606. The summed E-state index contributed by atoms with van der Waals surface area (Å²) in [6.45, 7) is 6.91. The fraction of sp³-hybridized carbons (Fsp3) is 0.818. The second-order valence-electron chi connectivity index (χ2n) is 3.34. The van der Waals surface area contributed by atoms with Crippen LogP contribution in [0.4, 0.5) is 0 Å². The van der Waals surface area contributed by atoms with Crippen LogP contribution in [0.25, 0.3) is 0 Å². The molecule has 0 aromatic carbocycles. The Morgan fingerprint density at radius 3 is 2.75 bits per heavy atom. The zero-order valence-electron chi connectivity index (χ0n) is 10.2. The molecule has 0 N–H and O–H groups in total. The molecule has 1 unspecified atom stereocenters. The molecular formula is C11H20N2O3. The minimum atomic E-state index is -0.0949. The Morgan fingerprint density at radius 1 is 1.38 bits per heavy atom. The summed E-state index contributed by atoms with van der Waals surface area (Å²) in [5, 5.41) is 3.73. The highest BCUT2D eigenvalue weighted by Gasteiger charge is 2.15. The van der Waals surface area contributed by atoms with Gasteiger partial charge in [-0.15, -0.1) is 0 Å². The maximum Gasteiger partial charge on any atom is 0.223 e. The van der Waals surface area contributed by atoms with Crippen molar-refractivity contribution in [2.75, 3.05) is 6.61 Å². The standard InChI is InChI=1S/C9H14N2O3.C2H6/c1-7-10-8(11-14-7)6-13-9-4-2-3-5-12-9;1-2/h9H,2-6H2,1H3;1-2H3. The SMILES string of the molecule is CC.Cc1nc(COC2CCCCO2)no1. The van der Waals surface area contributed by atoms with Gasteiger partial charge in [-0.25, -0.2) is 0 Å². The first-order valence-electron chi connectivity index (χ1n) is 5.87. The van der Waals surface area contributed by atoms with E-state index in [9.17, 15) is 0 Å². The van der Waals surface area contributed by atoms with Crippen molar-refractivity contribution >= 4 is 0 Å². The van der Waals surface area contributed by atoms with Crippen molar-refractivity contribution in [1.82, 2.24) is 10.1 Å². The summed E-state index contributed by atoms with van der Waals surface area (Å²) < 4.78 is 15.7. The molecule has 1 aromatic rings. The van der Waals surface area contributed by atoms with Crippen LogP contribution in [-0.2, 0) is 16.1 Å². The molecule has 1 fully saturated rings. The molecule has 5 heteroatoms. The van der Waals surface area contributed by atoms with Crippen molar-refractivity contribution in [3.05, 3.63) is 11.7 Å². The summed E-state index contributed by atoms with van der Waals surface area (Å²) in [5.41, 5.74) is 0. The molecule has 0 radical (unpaired) electrons. The molecule has 92 valence electrons. The number of hydrogen-bond acceptors (Lipinski definition) is 5. The highest BCUT2D eigenvalue weighted by Crippen LogP contribution is 2.14. The largest absolute Gasteiger partial charge is 0.353 e. The quantitative estimate of drug-likeness (QED) is 0.795. The van der Waals surface area contributed by atoms with Crippen LogP contribution in [0.15, 0.2) is 4.52 Å². The van der Waals surface area contributed by atoms with Gasteiger partial charge in [-0.2, -0.15) is 4.98 Å². The Morgan fingerprint density at radius 2 is 2.19 bits per heavy atom. The predicted octanol–water partition coefficient (Wildman–Crippen LogP) is 2.45. The van der Waals surface area contributed by atoms with Crippen molar-refractivity contribution in [3.63, 3.8) is 0 Å². The molecule has 0 bridgehead atoms. The first-order valence-corrected chi connectivity index (χ1v) is 5.87. The van der Waals surface area contributed by atoms with Crippen LogP contribution in [0.5, 0.6) is 0 Å². The molecule has 16 heavy (non-hydrogen) atoms. The normalized spacial score (nSPS) is 20.1. The lowest BCUT2D eigenvalue weighted by Crippen LogP contribution is -2.22. The topological polar surface area (TPSA) is 57.4 Å². The molecule has 1 atom stereocenters. The summed E-state index contributed by atoms with van der Waals surface area (Å²) in [4.78, 5) is 4.04. The molecular weight excluding hydrogens is 208 g/mol. The third kappa shape index (κ3) is 4.28. The van der Waals surface area contributed by atoms with Crippen LogP contribution in [0.3, 0.4) is 0 Å². The predicted molar refractivity (Wildman–Crippen MR) is 58.8 cm³/mol. The second-order valence-corrected chi connectivity index (χ2v) is 3.34. The van der Waals surface area contributed by atoms with Gasteiger partial charge in [-0.3, -0.25) is 0 Å². The average molecular weight is 228 g/mol. The van der Waals surface area contributed by atoms with Crippen LogP contribution in [0.2, 0.25) is 0 Å². The minimum Gasteiger partial charge on any atom is -0.353 e. The molecule has 1 saturated heterocycles. The zero-order valence-corrected chi connectivity index (χ0v) is 10.2. The van der Waals surface area contributed by atoms with Crippen molar-refractivity contribution in [2.24, 2.45) is 0 Å². The summed E-state index contributed by atoms with van der Waals surface area (Å²) >= 11 is 0. The van der Waals surface area contributed by atoms with E-state index in [4.69, 9.17) is 14.0 Å². The van der Waals surface area contributed by atoms with Crippen molar-refractivity contribution < 1.29 is 14.0 Å². The van der Waals surface area contributed by atoms with Crippen LogP contribution in [-0.4, -0.2) is 23.0 Å². The number of aryl methyl sites for hydroxylation is 1. The van der Waals surface area contributed by atoms with E-state index in [1.54, 1.807) is 6.92 Å². The molecule has 1 aliphatic heterocycles. The number of aromatic nitrogens is 2. The lowest BCUT2D eigenvalue weighted by Gasteiger charge is -2.21. The fourth-order valence-electron chi connectivity index (χ4n) is 1.41. The zero-order chi connectivity index (χ0) is 11.8. The van der Waals surface area contributed by atoms with E-state index in [0.29, 0.717) is 18.3 Å². The van der Waals surface area contributed by atoms with Gasteiger partial charge >= 0.3 is 0 Å². The van der Waals surface area contributed by atoms with E-state index in [1.165, 1.54) is 0 Å². The smallest absolute Gasteiger partial charge is 0.223 e. The number of hydrogen-bond donors (Lipinski definition) is 0. The highest BCUT2D eigenvalue weighted by atomic mass is 16.7. The Bertz CT molecular complexity index is 283. The molecule has 1 aromatic heterocycles. The molecule has 1 aliphatic rings. The van der Waals surface area contributed by atoms with Gasteiger partial charge in [0, 0.05) is 13.5 Å². The molecule has 5 nitrogen and oxygen atoms in total. The van der Waals surface area contributed by atoms with E-state index in [-0.39, 0.29) is 6.29 Å². The van der Waals surface area contributed by atoms with Gasteiger partial charge in [0.1, 0.15) is 6.61 Å². The highest BCUT2D eigenvalue weighted by molar-refractivity contribution is 4.80.